The first kappa shape index (κ1) is 10.6. The number of rotatable bonds is 2. The molecule has 1 aromatic heterocycles. The van der Waals surface area contributed by atoms with Crippen LogP contribution in [0.15, 0.2) is 6.20 Å². The molecule has 15 heavy (non-hydrogen) atoms. The van der Waals surface area contributed by atoms with Gasteiger partial charge in [0.2, 0.25) is 5.28 Å². The minimum absolute atomic E-state index is 0.189. The lowest BCUT2D eigenvalue weighted by atomic mass is 10.2. The molecule has 1 saturated heterocycles. The quantitative estimate of drug-likeness (QED) is 0.760. The van der Waals surface area contributed by atoms with Gasteiger partial charge in [-0.25, -0.2) is 0 Å². The second-order valence-electron chi connectivity index (χ2n) is 3.41. The molecule has 1 aromatic rings. The third-order valence-corrected chi connectivity index (χ3v) is 2.67. The van der Waals surface area contributed by atoms with Crippen LogP contribution in [0.4, 0.5) is 5.82 Å². The Morgan fingerprint density at radius 3 is 3.27 bits per heavy atom. The first-order valence-electron chi connectivity index (χ1n) is 5.01. The van der Waals surface area contributed by atoms with E-state index in [0.717, 1.165) is 32.0 Å². The first-order valence-corrected chi connectivity index (χ1v) is 5.38. The number of nitrogens with zero attached hydrogens (tertiary/aromatic N) is 4. The van der Waals surface area contributed by atoms with E-state index in [1.165, 1.54) is 0 Å². The average molecular weight is 229 g/mol. The zero-order valence-corrected chi connectivity index (χ0v) is 9.31. The summed E-state index contributed by atoms with van der Waals surface area (Å²) >= 11 is 5.71. The highest BCUT2D eigenvalue weighted by molar-refractivity contribution is 6.28. The highest BCUT2D eigenvalue weighted by Gasteiger charge is 2.23. The van der Waals surface area contributed by atoms with Crippen LogP contribution in [-0.2, 0) is 4.74 Å². The number of halogens is 1. The minimum Gasteiger partial charge on any atom is -0.377 e. The summed E-state index contributed by atoms with van der Waals surface area (Å²) in [6, 6.07) is 0.353. The fourth-order valence-electron chi connectivity index (χ4n) is 1.71. The smallest absolute Gasteiger partial charge is 0.244 e. The Hall–Kier alpha value is -0.940. The third kappa shape index (κ3) is 2.35. The molecule has 0 amide bonds. The van der Waals surface area contributed by atoms with Crippen LogP contribution in [0.3, 0.4) is 0 Å². The van der Waals surface area contributed by atoms with E-state index in [0.29, 0.717) is 6.04 Å². The zero-order valence-electron chi connectivity index (χ0n) is 8.56. The molecule has 0 aromatic carbocycles. The van der Waals surface area contributed by atoms with Gasteiger partial charge in [-0.3, -0.25) is 0 Å². The van der Waals surface area contributed by atoms with E-state index in [1.807, 2.05) is 0 Å². The molecule has 1 aliphatic rings. The topological polar surface area (TPSA) is 51.1 Å². The van der Waals surface area contributed by atoms with Gasteiger partial charge in [0, 0.05) is 6.54 Å². The number of ether oxygens (including phenoxy) is 1. The second-order valence-corrected chi connectivity index (χ2v) is 3.75. The Kier molecular flexibility index (Phi) is 3.33. The van der Waals surface area contributed by atoms with E-state index >= 15 is 0 Å². The van der Waals surface area contributed by atoms with Crippen molar-refractivity contribution in [1.29, 1.82) is 0 Å². The van der Waals surface area contributed by atoms with Gasteiger partial charge in [0.1, 0.15) is 0 Å². The van der Waals surface area contributed by atoms with Crippen LogP contribution >= 0.6 is 11.6 Å². The molecule has 1 aliphatic heterocycles. The van der Waals surface area contributed by atoms with Crippen molar-refractivity contribution >= 4 is 17.4 Å². The normalized spacial score (nSPS) is 21.7. The molecule has 0 saturated carbocycles. The van der Waals surface area contributed by atoms with Crippen LogP contribution < -0.4 is 4.90 Å². The van der Waals surface area contributed by atoms with Crippen molar-refractivity contribution in [3.8, 4) is 0 Å². The van der Waals surface area contributed by atoms with E-state index in [9.17, 15) is 0 Å². The molecule has 2 rings (SSSR count). The lowest BCUT2D eigenvalue weighted by Gasteiger charge is -2.35. The standard InChI is InChI=1S/C9H13ClN4O/c1-2-7-6-15-4-3-14(7)8-5-11-13-9(10)12-8/h5,7H,2-4,6H2,1H3. The second kappa shape index (κ2) is 4.72. The van der Waals surface area contributed by atoms with Gasteiger partial charge in [-0.05, 0) is 18.0 Å². The summed E-state index contributed by atoms with van der Waals surface area (Å²) in [4.78, 5) is 6.33. The van der Waals surface area contributed by atoms with E-state index in [4.69, 9.17) is 16.3 Å². The van der Waals surface area contributed by atoms with Gasteiger partial charge in [0.25, 0.3) is 0 Å². The molecule has 82 valence electrons. The van der Waals surface area contributed by atoms with E-state index in [-0.39, 0.29) is 5.28 Å². The number of anilines is 1. The largest absolute Gasteiger partial charge is 0.377 e. The maximum absolute atomic E-state index is 5.71. The summed E-state index contributed by atoms with van der Waals surface area (Å²) < 4.78 is 5.42. The fraction of sp³-hybridized carbons (Fsp3) is 0.667. The summed E-state index contributed by atoms with van der Waals surface area (Å²) in [6.45, 7) is 4.41. The van der Waals surface area contributed by atoms with Gasteiger partial charge in [0.15, 0.2) is 5.82 Å². The molecule has 1 fully saturated rings. The monoisotopic (exact) mass is 228 g/mol. The fourth-order valence-corrected chi connectivity index (χ4v) is 1.84. The van der Waals surface area contributed by atoms with Crippen LogP contribution in [-0.4, -0.2) is 41.0 Å². The summed E-state index contributed by atoms with van der Waals surface area (Å²) in [7, 11) is 0. The number of morpholine rings is 1. The van der Waals surface area contributed by atoms with Crippen LogP contribution in [0.2, 0.25) is 5.28 Å². The Morgan fingerprint density at radius 2 is 2.53 bits per heavy atom. The Bertz CT molecular complexity index is 336. The molecule has 0 aliphatic carbocycles. The van der Waals surface area contributed by atoms with Crippen molar-refractivity contribution in [1.82, 2.24) is 15.2 Å². The molecule has 2 heterocycles. The van der Waals surface area contributed by atoms with Crippen molar-refractivity contribution in [2.75, 3.05) is 24.7 Å². The maximum Gasteiger partial charge on any atom is 0.244 e. The predicted molar refractivity (Wildman–Crippen MR) is 57.1 cm³/mol. The third-order valence-electron chi connectivity index (χ3n) is 2.51. The minimum atomic E-state index is 0.189. The Morgan fingerprint density at radius 1 is 1.67 bits per heavy atom. The van der Waals surface area contributed by atoms with E-state index in [2.05, 4.69) is 27.0 Å². The van der Waals surface area contributed by atoms with E-state index < -0.39 is 0 Å². The van der Waals surface area contributed by atoms with Gasteiger partial charge < -0.3 is 9.64 Å². The molecule has 5 nitrogen and oxygen atoms in total. The lowest BCUT2D eigenvalue weighted by Crippen LogP contribution is -2.45. The number of hydrogen-bond acceptors (Lipinski definition) is 5. The number of hydrogen-bond donors (Lipinski definition) is 0. The Labute approximate surface area is 93.4 Å². The molecule has 0 bridgehead atoms. The summed E-state index contributed by atoms with van der Waals surface area (Å²) in [5, 5.41) is 7.62. The van der Waals surface area contributed by atoms with Gasteiger partial charge in [0.05, 0.1) is 25.5 Å². The van der Waals surface area contributed by atoms with Crippen LogP contribution in [0.1, 0.15) is 13.3 Å². The molecule has 0 radical (unpaired) electrons. The molecule has 1 atom stereocenters. The van der Waals surface area contributed by atoms with Crippen molar-refractivity contribution in [3.63, 3.8) is 0 Å². The van der Waals surface area contributed by atoms with E-state index in [1.54, 1.807) is 6.20 Å². The molecule has 1 unspecified atom stereocenters. The highest BCUT2D eigenvalue weighted by Crippen LogP contribution is 2.18. The van der Waals surface area contributed by atoms with Crippen LogP contribution in [0.5, 0.6) is 0 Å². The van der Waals surface area contributed by atoms with Gasteiger partial charge in [-0.1, -0.05) is 6.92 Å². The molecule has 0 N–H and O–H groups in total. The van der Waals surface area contributed by atoms with Gasteiger partial charge in [-0.2, -0.15) is 10.1 Å². The van der Waals surface area contributed by atoms with Gasteiger partial charge >= 0.3 is 0 Å². The van der Waals surface area contributed by atoms with Crippen molar-refractivity contribution in [3.05, 3.63) is 11.5 Å². The average Bonchev–Trinajstić information content (AvgIpc) is 2.29. The zero-order chi connectivity index (χ0) is 10.7. The highest BCUT2D eigenvalue weighted by atomic mass is 35.5. The van der Waals surface area contributed by atoms with Crippen molar-refractivity contribution < 1.29 is 4.74 Å². The Balaban J connectivity index is 2.20. The van der Waals surface area contributed by atoms with Gasteiger partial charge in [-0.15, -0.1) is 5.10 Å². The molecular formula is C9H13ClN4O. The number of aromatic nitrogens is 3. The molecule has 6 heteroatoms. The lowest BCUT2D eigenvalue weighted by molar-refractivity contribution is 0.0925. The van der Waals surface area contributed by atoms with Crippen molar-refractivity contribution in [2.45, 2.75) is 19.4 Å². The SMILES string of the molecule is CCC1COCCN1c1cnnc(Cl)n1. The summed E-state index contributed by atoms with van der Waals surface area (Å²) in [6.07, 6.45) is 2.65. The summed E-state index contributed by atoms with van der Waals surface area (Å²) in [5.74, 6) is 0.783. The first-order chi connectivity index (χ1) is 7.31. The van der Waals surface area contributed by atoms with Crippen LogP contribution in [0.25, 0.3) is 0 Å². The molecular weight excluding hydrogens is 216 g/mol. The predicted octanol–water partition coefficient (Wildman–Crippen LogP) is 1.14. The maximum atomic E-state index is 5.71. The van der Waals surface area contributed by atoms with Crippen LogP contribution in [0, 0.1) is 0 Å². The van der Waals surface area contributed by atoms with Crippen molar-refractivity contribution in [2.24, 2.45) is 0 Å². The molecule has 0 spiro atoms. The summed E-state index contributed by atoms with van der Waals surface area (Å²) in [5.41, 5.74) is 0.